The van der Waals surface area contributed by atoms with Gasteiger partial charge in [-0.3, -0.25) is 0 Å². The van der Waals surface area contributed by atoms with Gasteiger partial charge in [0.05, 0.1) is 0 Å². The van der Waals surface area contributed by atoms with Crippen LogP contribution in [-0.2, 0) is 10.0 Å². The van der Waals surface area contributed by atoms with E-state index in [2.05, 4.69) is 0 Å². The highest BCUT2D eigenvalue weighted by Crippen LogP contribution is 2.31. The number of benzene rings is 1. The number of nitrogens with zero attached hydrogens (tertiary/aromatic N) is 1. The molecule has 124 valence electrons. The third-order valence-corrected chi connectivity index (χ3v) is 7.62. The minimum atomic E-state index is -3.44. The van der Waals surface area contributed by atoms with Crippen molar-refractivity contribution < 1.29 is 12.8 Å². The minimum absolute atomic E-state index is 0.119. The van der Waals surface area contributed by atoms with Crippen molar-refractivity contribution in [2.24, 2.45) is 0 Å². The molecule has 3 rings (SSSR count). The zero-order valence-electron chi connectivity index (χ0n) is 13.0. The van der Waals surface area contributed by atoms with E-state index in [0.717, 1.165) is 29.7 Å². The molecular weight excluding hydrogens is 333 g/mol. The summed E-state index contributed by atoms with van der Waals surface area (Å²) in [6.07, 6.45) is 2.78. The Morgan fingerprint density at radius 1 is 1.13 bits per heavy atom. The van der Waals surface area contributed by atoms with Crippen LogP contribution in [0.4, 0.5) is 4.39 Å². The summed E-state index contributed by atoms with van der Waals surface area (Å²) in [6.45, 7) is 2.93. The van der Waals surface area contributed by atoms with E-state index in [1.165, 1.54) is 23.5 Å². The van der Waals surface area contributed by atoms with Crippen LogP contribution in [0.1, 0.15) is 35.6 Å². The summed E-state index contributed by atoms with van der Waals surface area (Å²) in [6, 6.07) is 9.96. The summed E-state index contributed by atoms with van der Waals surface area (Å²) < 4.78 is 40.8. The second-order valence-electron chi connectivity index (χ2n) is 5.97. The monoisotopic (exact) mass is 353 g/mol. The molecule has 6 heteroatoms. The maximum Gasteiger partial charge on any atom is 0.252 e. The van der Waals surface area contributed by atoms with Gasteiger partial charge < -0.3 is 0 Å². The number of halogens is 1. The topological polar surface area (TPSA) is 37.4 Å². The molecule has 1 fully saturated rings. The molecule has 0 aliphatic carbocycles. The van der Waals surface area contributed by atoms with Gasteiger partial charge in [0.2, 0.25) is 0 Å². The lowest BCUT2D eigenvalue weighted by molar-refractivity contribution is 0.407. The maximum absolute atomic E-state index is 13.1. The van der Waals surface area contributed by atoms with Gasteiger partial charge in [0.1, 0.15) is 10.0 Å². The zero-order chi connectivity index (χ0) is 16.4. The predicted molar refractivity (Wildman–Crippen MR) is 90.8 cm³/mol. The molecule has 0 spiro atoms. The van der Waals surface area contributed by atoms with Crippen LogP contribution in [0.25, 0.3) is 0 Å². The summed E-state index contributed by atoms with van der Waals surface area (Å²) in [4.78, 5) is 0.994. The Morgan fingerprint density at radius 2 is 1.87 bits per heavy atom. The van der Waals surface area contributed by atoms with Gasteiger partial charge in [-0.25, -0.2) is 12.8 Å². The molecule has 1 unspecified atom stereocenters. The summed E-state index contributed by atoms with van der Waals surface area (Å²) >= 11 is 1.31. The van der Waals surface area contributed by atoms with Crippen LogP contribution in [0, 0.1) is 12.7 Å². The van der Waals surface area contributed by atoms with Crippen molar-refractivity contribution in [3.05, 3.63) is 52.7 Å². The summed E-state index contributed by atoms with van der Waals surface area (Å²) in [7, 11) is -3.44. The molecule has 1 saturated heterocycles. The lowest BCUT2D eigenvalue weighted by Gasteiger charge is -2.23. The Labute approximate surface area is 140 Å². The van der Waals surface area contributed by atoms with Crippen molar-refractivity contribution in [3.63, 3.8) is 0 Å². The molecule has 0 bridgehead atoms. The van der Waals surface area contributed by atoms with Gasteiger partial charge in [0, 0.05) is 18.0 Å². The average molecular weight is 353 g/mol. The molecule has 1 aromatic heterocycles. The van der Waals surface area contributed by atoms with Crippen molar-refractivity contribution in [3.8, 4) is 0 Å². The molecule has 3 nitrogen and oxygen atoms in total. The molecule has 2 aromatic rings. The van der Waals surface area contributed by atoms with Gasteiger partial charge in [0.15, 0.2) is 0 Å². The molecule has 2 heterocycles. The third-order valence-electron chi connectivity index (χ3n) is 4.29. The quantitative estimate of drug-likeness (QED) is 0.831. The van der Waals surface area contributed by atoms with E-state index in [0.29, 0.717) is 17.3 Å². The molecule has 0 saturated carbocycles. The van der Waals surface area contributed by atoms with Gasteiger partial charge in [-0.05, 0) is 55.5 Å². The first-order valence-corrected chi connectivity index (χ1v) is 10.0. The van der Waals surface area contributed by atoms with Crippen molar-refractivity contribution in [2.45, 2.75) is 36.3 Å². The fourth-order valence-corrected chi connectivity index (χ4v) is 5.97. The fourth-order valence-electron chi connectivity index (χ4n) is 3.01. The van der Waals surface area contributed by atoms with Gasteiger partial charge in [-0.1, -0.05) is 18.6 Å². The summed E-state index contributed by atoms with van der Waals surface area (Å²) in [5.74, 6) is -0.144. The second kappa shape index (κ2) is 6.71. The van der Waals surface area contributed by atoms with Crippen molar-refractivity contribution >= 4 is 21.4 Å². The highest BCUT2D eigenvalue weighted by atomic mass is 32.2. The van der Waals surface area contributed by atoms with Crippen LogP contribution >= 0.6 is 11.3 Å². The first-order valence-electron chi connectivity index (χ1n) is 7.79. The standard InChI is InChI=1S/C17H20FNO2S2/c1-13-5-10-17(22-13)23(20,21)19-11-3-2-4-15(12-19)14-6-8-16(18)9-7-14/h5-10,15H,2-4,11-12H2,1H3. The molecule has 1 atom stereocenters. The fraction of sp³-hybridized carbons (Fsp3) is 0.412. The normalized spacial score (nSPS) is 20.3. The molecule has 1 aliphatic rings. The summed E-state index contributed by atoms with van der Waals surface area (Å²) in [5, 5.41) is 0. The van der Waals surface area contributed by atoms with Crippen molar-refractivity contribution in [1.29, 1.82) is 0 Å². The Hall–Kier alpha value is -1.24. The summed E-state index contributed by atoms with van der Waals surface area (Å²) in [5.41, 5.74) is 1.01. The third kappa shape index (κ3) is 3.65. The Morgan fingerprint density at radius 3 is 2.52 bits per heavy atom. The smallest absolute Gasteiger partial charge is 0.207 e. The van der Waals surface area contributed by atoms with Crippen molar-refractivity contribution in [1.82, 2.24) is 4.31 Å². The lowest BCUT2D eigenvalue weighted by atomic mass is 9.95. The maximum atomic E-state index is 13.1. The van der Waals surface area contributed by atoms with E-state index in [4.69, 9.17) is 0 Å². The van der Waals surface area contributed by atoms with E-state index < -0.39 is 10.0 Å². The van der Waals surface area contributed by atoms with Crippen LogP contribution in [0.15, 0.2) is 40.6 Å². The Bertz CT molecular complexity index is 768. The van der Waals surface area contributed by atoms with Gasteiger partial charge >= 0.3 is 0 Å². The van der Waals surface area contributed by atoms with Gasteiger partial charge in [-0.15, -0.1) is 11.3 Å². The van der Waals surface area contributed by atoms with E-state index >= 15 is 0 Å². The number of thiophene rings is 1. The average Bonchev–Trinajstić information content (AvgIpc) is 2.82. The zero-order valence-corrected chi connectivity index (χ0v) is 14.7. The molecule has 1 aliphatic heterocycles. The second-order valence-corrected chi connectivity index (χ2v) is 9.43. The van der Waals surface area contributed by atoms with E-state index in [9.17, 15) is 12.8 Å². The lowest BCUT2D eigenvalue weighted by Crippen LogP contribution is -2.33. The molecule has 0 radical (unpaired) electrons. The van der Waals surface area contributed by atoms with E-state index in [1.807, 2.05) is 13.0 Å². The van der Waals surface area contributed by atoms with Crippen LogP contribution < -0.4 is 0 Å². The van der Waals surface area contributed by atoms with Gasteiger partial charge in [-0.2, -0.15) is 4.31 Å². The molecule has 0 N–H and O–H groups in total. The number of sulfonamides is 1. The Balaban J connectivity index is 1.86. The molecule has 0 amide bonds. The number of hydrogen-bond acceptors (Lipinski definition) is 3. The van der Waals surface area contributed by atoms with Crippen LogP contribution in [-0.4, -0.2) is 25.8 Å². The number of rotatable bonds is 3. The van der Waals surface area contributed by atoms with Crippen molar-refractivity contribution in [2.75, 3.05) is 13.1 Å². The van der Waals surface area contributed by atoms with Crippen LogP contribution in [0.3, 0.4) is 0 Å². The minimum Gasteiger partial charge on any atom is -0.207 e. The molecular formula is C17H20FNO2S2. The van der Waals surface area contributed by atoms with Gasteiger partial charge in [0.25, 0.3) is 10.0 Å². The SMILES string of the molecule is Cc1ccc(S(=O)(=O)N2CCCCC(c3ccc(F)cc3)C2)s1. The largest absolute Gasteiger partial charge is 0.252 e. The van der Waals surface area contributed by atoms with Crippen LogP contribution in [0.5, 0.6) is 0 Å². The predicted octanol–water partition coefficient (Wildman–Crippen LogP) is 4.15. The molecule has 1 aromatic carbocycles. The molecule has 23 heavy (non-hydrogen) atoms. The number of aryl methyl sites for hydroxylation is 1. The first kappa shape index (κ1) is 16.6. The van der Waals surface area contributed by atoms with E-state index in [-0.39, 0.29) is 11.7 Å². The number of hydrogen-bond donors (Lipinski definition) is 0. The van der Waals surface area contributed by atoms with E-state index in [1.54, 1.807) is 22.5 Å². The Kier molecular flexibility index (Phi) is 4.85. The first-order chi connectivity index (χ1) is 11.0. The highest BCUT2D eigenvalue weighted by Gasteiger charge is 2.30. The van der Waals surface area contributed by atoms with Crippen LogP contribution in [0.2, 0.25) is 0 Å². The highest BCUT2D eigenvalue weighted by molar-refractivity contribution is 7.91.